The van der Waals surface area contributed by atoms with Crippen LogP contribution in [0.3, 0.4) is 0 Å². The van der Waals surface area contributed by atoms with Gasteiger partial charge < -0.3 is 24.7 Å². The number of benzene rings is 1. The molecule has 7 nitrogen and oxygen atoms in total. The molecule has 4 rings (SSSR count). The molecule has 2 aromatic rings. The molecule has 0 aliphatic carbocycles. The Labute approximate surface area is 185 Å². The molecule has 4 atom stereocenters. The van der Waals surface area contributed by atoms with Crippen LogP contribution < -0.4 is 10.4 Å². The van der Waals surface area contributed by atoms with E-state index in [0.29, 0.717) is 23.4 Å². The molecule has 2 bridgehead atoms. The highest BCUT2D eigenvalue weighted by Gasteiger charge is 2.53. The number of carbonyl (C=O) groups is 3. The molecule has 4 unspecified atom stereocenters. The Morgan fingerprint density at radius 3 is 2.67 bits per heavy atom. The van der Waals surface area contributed by atoms with E-state index in [1.165, 1.54) is 11.3 Å². The summed E-state index contributed by atoms with van der Waals surface area (Å²) in [5, 5.41) is 16.5. The highest BCUT2D eigenvalue weighted by atomic mass is 79.9. The maximum Gasteiger partial charge on any atom is 0.341 e. The van der Waals surface area contributed by atoms with Crippen LogP contribution in [0.1, 0.15) is 30.1 Å². The summed E-state index contributed by atoms with van der Waals surface area (Å²) in [4.78, 5) is 37.3. The van der Waals surface area contributed by atoms with Gasteiger partial charge in [-0.05, 0) is 37.5 Å². The molecule has 1 aromatic heterocycles. The lowest BCUT2D eigenvalue weighted by molar-refractivity contribution is -0.313. The van der Waals surface area contributed by atoms with Crippen molar-refractivity contribution in [3.63, 3.8) is 0 Å². The van der Waals surface area contributed by atoms with Crippen molar-refractivity contribution in [3.8, 4) is 11.1 Å². The van der Waals surface area contributed by atoms with Crippen molar-refractivity contribution < 1.29 is 29.0 Å². The van der Waals surface area contributed by atoms with Crippen LogP contribution in [-0.4, -0.2) is 36.7 Å². The number of fused-ring (bicyclic) bond motifs is 2. The van der Waals surface area contributed by atoms with Gasteiger partial charge in [-0.2, -0.15) is 0 Å². The molecule has 158 valence electrons. The molecule has 2 fully saturated rings. The zero-order valence-electron chi connectivity index (χ0n) is 16.1. The topological polar surface area (TPSA) is 105 Å². The van der Waals surface area contributed by atoms with Crippen molar-refractivity contribution in [1.82, 2.24) is 0 Å². The molecule has 3 heterocycles. The van der Waals surface area contributed by atoms with E-state index in [0.717, 1.165) is 10.0 Å². The minimum atomic E-state index is -1.28. The number of anilines is 1. The van der Waals surface area contributed by atoms with Crippen LogP contribution in [0, 0.1) is 11.8 Å². The maximum absolute atomic E-state index is 13.0. The van der Waals surface area contributed by atoms with Crippen molar-refractivity contribution >= 4 is 50.1 Å². The van der Waals surface area contributed by atoms with Gasteiger partial charge >= 0.3 is 5.97 Å². The highest BCUT2D eigenvalue weighted by molar-refractivity contribution is 9.10. The molecular weight excluding hydrogens is 474 g/mol. The predicted molar refractivity (Wildman–Crippen MR) is 112 cm³/mol. The maximum atomic E-state index is 13.0. The molecule has 0 saturated carbocycles. The highest BCUT2D eigenvalue weighted by Crippen LogP contribution is 2.44. The van der Waals surface area contributed by atoms with E-state index < -0.39 is 41.9 Å². The number of carbonyl (C=O) groups excluding carboxylic acids is 3. The number of halogens is 1. The van der Waals surface area contributed by atoms with Gasteiger partial charge in [-0.1, -0.05) is 28.1 Å². The van der Waals surface area contributed by atoms with Crippen molar-refractivity contribution in [2.75, 3.05) is 11.9 Å². The Hall–Kier alpha value is -2.23. The van der Waals surface area contributed by atoms with Gasteiger partial charge in [0.25, 0.3) is 0 Å². The van der Waals surface area contributed by atoms with E-state index in [4.69, 9.17) is 9.47 Å². The first-order chi connectivity index (χ1) is 14.4. The van der Waals surface area contributed by atoms with Crippen molar-refractivity contribution in [2.45, 2.75) is 32.0 Å². The number of nitrogens with one attached hydrogen (secondary N) is 1. The number of aliphatic carboxylic acids is 1. The first kappa shape index (κ1) is 21.0. The Kier molecular flexibility index (Phi) is 5.95. The van der Waals surface area contributed by atoms with Crippen LogP contribution in [0.4, 0.5) is 5.00 Å². The van der Waals surface area contributed by atoms with Crippen LogP contribution in [0.5, 0.6) is 0 Å². The lowest BCUT2D eigenvalue weighted by Gasteiger charge is -2.27. The van der Waals surface area contributed by atoms with Gasteiger partial charge in [0.15, 0.2) is 0 Å². The average molecular weight is 493 g/mol. The van der Waals surface area contributed by atoms with E-state index in [-0.39, 0.29) is 12.2 Å². The fourth-order valence-electron chi connectivity index (χ4n) is 4.23. The molecule has 1 aromatic carbocycles. The number of carboxylic acids is 1. The molecule has 1 N–H and O–H groups in total. The molecule has 30 heavy (non-hydrogen) atoms. The molecule has 9 heteroatoms. The minimum absolute atomic E-state index is 0.187. The summed E-state index contributed by atoms with van der Waals surface area (Å²) in [6.45, 7) is 1.89. The second-order valence-corrected chi connectivity index (χ2v) is 9.03. The number of amides is 1. The predicted octanol–water partition coefficient (Wildman–Crippen LogP) is 2.84. The lowest BCUT2D eigenvalue weighted by atomic mass is 9.79. The van der Waals surface area contributed by atoms with Gasteiger partial charge in [-0.15, -0.1) is 11.3 Å². The molecule has 1 amide bonds. The Balaban J connectivity index is 1.66. The normalized spacial score (nSPS) is 24.6. The van der Waals surface area contributed by atoms with Crippen molar-refractivity contribution in [1.29, 1.82) is 0 Å². The largest absolute Gasteiger partial charge is 0.550 e. The van der Waals surface area contributed by atoms with Gasteiger partial charge in [-0.25, -0.2) is 4.79 Å². The van der Waals surface area contributed by atoms with Gasteiger partial charge in [0.2, 0.25) is 5.91 Å². The Morgan fingerprint density at radius 1 is 1.27 bits per heavy atom. The standard InChI is InChI=1S/C21H20BrNO6S/c1-2-28-21(27)15-12(10-4-3-5-11(22)8-10)9-30-19(15)23-18(24)16-13-6-7-14(29-13)17(16)20(25)26/h3-5,8-9,13-14,16-17H,2,6-7H2,1H3,(H,23,24)(H,25,26)/p-1. The minimum Gasteiger partial charge on any atom is -0.550 e. The monoisotopic (exact) mass is 492 g/mol. The number of ether oxygens (including phenoxy) is 2. The van der Waals surface area contributed by atoms with E-state index in [1.54, 1.807) is 12.3 Å². The van der Waals surface area contributed by atoms with Crippen molar-refractivity contribution in [2.24, 2.45) is 11.8 Å². The number of hydrogen-bond acceptors (Lipinski definition) is 7. The summed E-state index contributed by atoms with van der Waals surface area (Å²) in [5.74, 6) is -4.15. The van der Waals surface area contributed by atoms with Crippen LogP contribution in [0.25, 0.3) is 11.1 Å². The summed E-state index contributed by atoms with van der Waals surface area (Å²) < 4.78 is 11.7. The van der Waals surface area contributed by atoms with E-state index in [2.05, 4.69) is 21.2 Å². The van der Waals surface area contributed by atoms with E-state index in [1.807, 2.05) is 24.3 Å². The van der Waals surface area contributed by atoms with E-state index >= 15 is 0 Å². The molecule has 2 aliphatic heterocycles. The molecule has 2 saturated heterocycles. The Morgan fingerprint density at radius 2 is 2.00 bits per heavy atom. The third kappa shape index (κ3) is 3.77. The van der Waals surface area contributed by atoms with Gasteiger partial charge in [-0.3, -0.25) is 4.79 Å². The van der Waals surface area contributed by atoms with Crippen LogP contribution in [0.2, 0.25) is 0 Å². The summed E-state index contributed by atoms with van der Waals surface area (Å²) in [7, 11) is 0. The molecule has 0 spiro atoms. The Bertz CT molecular complexity index is 1010. The van der Waals surface area contributed by atoms with Crippen LogP contribution in [0.15, 0.2) is 34.1 Å². The second kappa shape index (κ2) is 8.49. The van der Waals surface area contributed by atoms with Crippen molar-refractivity contribution in [3.05, 3.63) is 39.7 Å². The smallest absolute Gasteiger partial charge is 0.341 e. The van der Waals surface area contributed by atoms with Gasteiger partial charge in [0, 0.05) is 27.3 Å². The lowest BCUT2D eigenvalue weighted by Crippen LogP contribution is -2.46. The fourth-order valence-corrected chi connectivity index (χ4v) is 5.59. The third-order valence-electron chi connectivity index (χ3n) is 5.49. The molecular formula is C21H19BrNO6S-. The number of esters is 1. The van der Waals surface area contributed by atoms with Crippen LogP contribution in [-0.2, 0) is 19.1 Å². The van der Waals surface area contributed by atoms with Gasteiger partial charge in [0.05, 0.1) is 24.7 Å². The molecule has 0 radical (unpaired) electrons. The first-order valence-corrected chi connectivity index (χ1v) is 11.3. The zero-order chi connectivity index (χ0) is 21.4. The van der Waals surface area contributed by atoms with E-state index in [9.17, 15) is 19.5 Å². The average Bonchev–Trinajstić information content (AvgIpc) is 3.42. The summed E-state index contributed by atoms with van der Waals surface area (Å²) in [6.07, 6.45) is 0.285. The summed E-state index contributed by atoms with van der Waals surface area (Å²) in [6, 6.07) is 7.45. The number of carboxylic acid groups (broad SMARTS) is 1. The first-order valence-electron chi connectivity index (χ1n) is 9.62. The number of thiophene rings is 1. The quantitative estimate of drug-likeness (QED) is 0.621. The summed E-state index contributed by atoms with van der Waals surface area (Å²) >= 11 is 4.62. The fraction of sp³-hybridized carbons (Fsp3) is 0.381. The SMILES string of the molecule is CCOC(=O)c1c(-c2cccc(Br)c2)csc1NC(=O)C1C2CCC(O2)C1C(=O)[O-]. The van der Waals surface area contributed by atoms with Gasteiger partial charge in [0.1, 0.15) is 10.6 Å². The number of rotatable bonds is 6. The third-order valence-corrected chi connectivity index (χ3v) is 6.88. The zero-order valence-corrected chi connectivity index (χ0v) is 18.5. The molecule has 2 aliphatic rings. The number of hydrogen-bond donors (Lipinski definition) is 1. The van der Waals surface area contributed by atoms with Crippen LogP contribution >= 0.6 is 27.3 Å². The second-order valence-electron chi connectivity index (χ2n) is 7.23. The summed E-state index contributed by atoms with van der Waals surface area (Å²) in [5.41, 5.74) is 1.68.